The van der Waals surface area contributed by atoms with Crippen LogP contribution in [0.1, 0.15) is 42.4 Å². The fourth-order valence-corrected chi connectivity index (χ4v) is 8.02. The van der Waals surface area contributed by atoms with E-state index in [1.54, 1.807) is 40.1 Å². The van der Waals surface area contributed by atoms with Gasteiger partial charge in [0.25, 0.3) is 21.8 Å². The molecule has 2 aliphatic heterocycles. The highest BCUT2D eigenvalue weighted by Crippen LogP contribution is 2.42. The van der Waals surface area contributed by atoms with Gasteiger partial charge in [-0.1, -0.05) is 66.7 Å². The van der Waals surface area contributed by atoms with Crippen molar-refractivity contribution in [2.75, 3.05) is 26.2 Å². The summed E-state index contributed by atoms with van der Waals surface area (Å²) in [6, 6.07) is 26.1. The number of carbonyl (C=O) groups excluding carboxylic acids is 3. The van der Waals surface area contributed by atoms with Gasteiger partial charge in [-0.2, -0.15) is 0 Å². The molecule has 5 aromatic rings. The zero-order chi connectivity index (χ0) is 36.6. The molecule has 12 nitrogen and oxygen atoms in total. The molecule has 4 heterocycles. The van der Waals surface area contributed by atoms with E-state index in [0.29, 0.717) is 54.9 Å². The minimum atomic E-state index is -4.26. The van der Waals surface area contributed by atoms with Gasteiger partial charge in [0, 0.05) is 56.3 Å². The van der Waals surface area contributed by atoms with E-state index in [-0.39, 0.29) is 28.7 Å². The van der Waals surface area contributed by atoms with Crippen molar-refractivity contribution in [2.24, 2.45) is 0 Å². The van der Waals surface area contributed by atoms with Crippen LogP contribution in [0.15, 0.2) is 102 Å². The van der Waals surface area contributed by atoms with Gasteiger partial charge in [-0.05, 0) is 61.7 Å². The summed E-state index contributed by atoms with van der Waals surface area (Å²) >= 11 is 0. The summed E-state index contributed by atoms with van der Waals surface area (Å²) in [4.78, 5) is 47.8. The minimum absolute atomic E-state index is 0.00836. The van der Waals surface area contributed by atoms with Crippen LogP contribution in [-0.2, 0) is 32.5 Å². The highest BCUT2D eigenvalue weighted by atomic mass is 32.2. The van der Waals surface area contributed by atoms with Crippen molar-refractivity contribution in [3.63, 3.8) is 0 Å². The Bertz CT molecular complexity index is 2260. The third-order valence-electron chi connectivity index (χ3n) is 9.04. The number of para-hydroxylation sites is 1. The second kappa shape index (κ2) is 13.8. The average molecular weight is 722 g/mol. The number of piperazine rings is 1. The summed E-state index contributed by atoms with van der Waals surface area (Å²) in [6.07, 6.45) is 0.671. The van der Waals surface area contributed by atoms with Crippen LogP contribution in [0.3, 0.4) is 0 Å². The van der Waals surface area contributed by atoms with E-state index in [2.05, 4.69) is 10.3 Å². The summed E-state index contributed by atoms with van der Waals surface area (Å²) in [5.74, 6) is -0.253. The van der Waals surface area contributed by atoms with Gasteiger partial charge in [0.1, 0.15) is 17.0 Å². The Kier molecular flexibility index (Phi) is 9.22. The quantitative estimate of drug-likeness (QED) is 0.240. The summed E-state index contributed by atoms with van der Waals surface area (Å²) in [6.45, 7) is 7.05. The second-order valence-electron chi connectivity index (χ2n) is 13.8. The molecule has 0 bridgehead atoms. The molecule has 2 aromatic heterocycles. The van der Waals surface area contributed by atoms with E-state index < -0.39 is 33.7 Å². The number of fused-ring (bicyclic) bond motifs is 2. The van der Waals surface area contributed by atoms with Crippen LogP contribution >= 0.6 is 0 Å². The molecule has 3 aromatic carbocycles. The lowest BCUT2D eigenvalue weighted by Crippen LogP contribution is -2.54. The number of amides is 3. The molecule has 2 aliphatic rings. The van der Waals surface area contributed by atoms with Crippen molar-refractivity contribution < 1.29 is 32.3 Å². The Morgan fingerprint density at radius 2 is 1.54 bits per heavy atom. The zero-order valence-corrected chi connectivity index (χ0v) is 29.9. The van der Waals surface area contributed by atoms with Crippen LogP contribution in [-0.4, -0.2) is 83.0 Å². The van der Waals surface area contributed by atoms with Gasteiger partial charge in [0.05, 0.1) is 4.90 Å². The normalized spacial score (nSPS) is 15.9. The number of benzene rings is 3. The molecule has 7 rings (SSSR count). The van der Waals surface area contributed by atoms with E-state index in [0.717, 1.165) is 15.1 Å². The van der Waals surface area contributed by atoms with E-state index in [1.807, 2.05) is 69.3 Å². The zero-order valence-electron chi connectivity index (χ0n) is 29.1. The first-order chi connectivity index (χ1) is 24.9. The molecular formula is C39H39N5O7S. The molecular weight excluding hydrogens is 683 g/mol. The van der Waals surface area contributed by atoms with Gasteiger partial charge in [0.2, 0.25) is 0 Å². The molecule has 1 saturated heterocycles. The van der Waals surface area contributed by atoms with Crippen molar-refractivity contribution in [3.05, 3.63) is 114 Å². The van der Waals surface area contributed by atoms with Crippen molar-refractivity contribution in [3.8, 4) is 16.9 Å². The lowest BCUT2D eigenvalue weighted by molar-refractivity contribution is -0.139. The fraction of sp³-hybridized carbons (Fsp3) is 0.282. The van der Waals surface area contributed by atoms with Gasteiger partial charge in [-0.15, -0.1) is 0 Å². The molecule has 0 saturated carbocycles. The van der Waals surface area contributed by atoms with Crippen LogP contribution in [0.2, 0.25) is 0 Å². The molecule has 0 radical (unpaired) electrons. The third kappa shape index (κ3) is 6.83. The van der Waals surface area contributed by atoms with Crippen LogP contribution < -0.4 is 10.1 Å². The number of ether oxygens (including phenoxy) is 2. The molecule has 0 spiro atoms. The maximum absolute atomic E-state index is 14.2. The Morgan fingerprint density at radius 3 is 2.23 bits per heavy atom. The number of hydrogen-bond donors (Lipinski definition) is 1. The SMILES string of the molecule is CC(C)(C)OC(=O)N1CCN(C(=O)C2Cc3cccc(-c4ccnc5c4cc(C(=O)NCc4ccccc4)n5S(=O)(=O)c4ccccc4)c3O2)CC1. The van der Waals surface area contributed by atoms with Gasteiger partial charge in [-0.3, -0.25) is 9.59 Å². The fourth-order valence-electron chi connectivity index (χ4n) is 6.54. The Balaban J connectivity index is 1.20. The maximum Gasteiger partial charge on any atom is 0.410 e. The lowest BCUT2D eigenvalue weighted by Gasteiger charge is -2.36. The number of hydrogen-bond acceptors (Lipinski definition) is 8. The largest absolute Gasteiger partial charge is 0.479 e. The van der Waals surface area contributed by atoms with Gasteiger partial charge in [-0.25, -0.2) is 22.2 Å². The summed E-state index contributed by atoms with van der Waals surface area (Å²) in [7, 11) is -4.26. The van der Waals surface area contributed by atoms with Crippen LogP contribution in [0.5, 0.6) is 5.75 Å². The monoisotopic (exact) mass is 721 g/mol. The second-order valence-corrected chi connectivity index (χ2v) is 15.6. The Hall–Kier alpha value is -5.69. The van der Waals surface area contributed by atoms with Crippen LogP contribution in [0.4, 0.5) is 4.79 Å². The number of carbonyl (C=O) groups is 3. The first-order valence-electron chi connectivity index (χ1n) is 17.1. The standard InChI is InChI=1S/C39H39N5O7S/c1-39(2,3)51-38(47)43-21-19-42(20-22-43)37(46)33-23-27-13-10-16-30(34(27)50-33)29-17-18-40-35-31(29)24-32(36(45)41-25-26-11-6-4-7-12-26)44(35)52(48,49)28-14-8-5-9-15-28/h4-18,24,33H,19-23,25H2,1-3H3,(H,41,45). The van der Waals surface area contributed by atoms with E-state index in [1.165, 1.54) is 18.3 Å². The molecule has 1 atom stereocenters. The molecule has 52 heavy (non-hydrogen) atoms. The predicted molar refractivity (Wildman–Crippen MR) is 194 cm³/mol. The van der Waals surface area contributed by atoms with Crippen molar-refractivity contribution in [2.45, 2.75) is 50.3 Å². The molecule has 268 valence electrons. The van der Waals surface area contributed by atoms with Gasteiger partial charge < -0.3 is 24.6 Å². The summed E-state index contributed by atoms with van der Waals surface area (Å²) < 4.78 is 41.2. The van der Waals surface area contributed by atoms with Crippen molar-refractivity contribution in [1.82, 2.24) is 24.1 Å². The van der Waals surface area contributed by atoms with Crippen LogP contribution in [0.25, 0.3) is 22.2 Å². The smallest absolute Gasteiger partial charge is 0.410 e. The number of nitrogens with one attached hydrogen (secondary N) is 1. The Labute approximate surface area is 302 Å². The number of pyridine rings is 1. The minimum Gasteiger partial charge on any atom is -0.479 e. The Morgan fingerprint density at radius 1 is 0.865 bits per heavy atom. The van der Waals surface area contributed by atoms with E-state index >= 15 is 0 Å². The summed E-state index contributed by atoms with van der Waals surface area (Å²) in [5.41, 5.74) is 2.29. The van der Waals surface area contributed by atoms with Gasteiger partial charge >= 0.3 is 6.09 Å². The molecule has 0 aliphatic carbocycles. The van der Waals surface area contributed by atoms with E-state index in [9.17, 15) is 22.8 Å². The number of nitrogens with zero attached hydrogens (tertiary/aromatic N) is 4. The molecule has 1 N–H and O–H groups in total. The molecule has 13 heteroatoms. The highest BCUT2D eigenvalue weighted by Gasteiger charge is 2.37. The van der Waals surface area contributed by atoms with Crippen molar-refractivity contribution in [1.29, 1.82) is 0 Å². The predicted octanol–water partition coefficient (Wildman–Crippen LogP) is 5.25. The third-order valence-corrected chi connectivity index (χ3v) is 10.8. The van der Waals surface area contributed by atoms with Gasteiger partial charge in [0.15, 0.2) is 11.8 Å². The first kappa shape index (κ1) is 34.7. The maximum atomic E-state index is 14.2. The molecule has 3 amide bonds. The highest BCUT2D eigenvalue weighted by molar-refractivity contribution is 7.90. The number of aromatic nitrogens is 2. The summed E-state index contributed by atoms with van der Waals surface area (Å²) in [5, 5.41) is 3.29. The first-order valence-corrected chi connectivity index (χ1v) is 18.5. The van der Waals surface area contributed by atoms with Crippen LogP contribution in [0, 0.1) is 0 Å². The topological polar surface area (TPSA) is 140 Å². The van der Waals surface area contributed by atoms with Crippen molar-refractivity contribution >= 4 is 39.0 Å². The molecule has 1 fully saturated rings. The van der Waals surface area contributed by atoms with E-state index in [4.69, 9.17) is 9.47 Å². The average Bonchev–Trinajstić information content (AvgIpc) is 3.77. The molecule has 1 unspecified atom stereocenters. The number of rotatable bonds is 7. The lowest BCUT2D eigenvalue weighted by atomic mass is 9.99.